The summed E-state index contributed by atoms with van der Waals surface area (Å²) >= 11 is 0. The molecule has 1 atom stereocenters. The number of rotatable bonds is 5. The molecular formula is C12H17NO2. The zero-order valence-corrected chi connectivity index (χ0v) is 8.82. The standard InChI is InChI=1S/C12H17NO2/c1-2-4-11(5-3-1)14-8-9-15-12-6-7-13-10-12/h1-5,12-13H,6-10H2/t12-/m1/s1. The molecule has 2 rings (SSSR count). The van der Waals surface area contributed by atoms with E-state index in [9.17, 15) is 0 Å². The predicted molar refractivity (Wildman–Crippen MR) is 59.2 cm³/mol. The lowest BCUT2D eigenvalue weighted by Gasteiger charge is -2.11. The molecule has 1 aliphatic rings. The number of hydrogen-bond acceptors (Lipinski definition) is 3. The van der Waals surface area contributed by atoms with Crippen LogP contribution in [0.4, 0.5) is 0 Å². The van der Waals surface area contributed by atoms with Crippen LogP contribution < -0.4 is 10.1 Å². The Labute approximate surface area is 90.4 Å². The molecule has 0 aromatic heterocycles. The number of para-hydroxylation sites is 1. The Morgan fingerprint density at radius 2 is 2.07 bits per heavy atom. The van der Waals surface area contributed by atoms with Crippen LogP contribution in [0.5, 0.6) is 5.75 Å². The molecule has 3 nitrogen and oxygen atoms in total. The first-order valence-corrected chi connectivity index (χ1v) is 5.45. The highest BCUT2D eigenvalue weighted by molar-refractivity contribution is 5.20. The summed E-state index contributed by atoms with van der Waals surface area (Å²) in [5.74, 6) is 0.908. The van der Waals surface area contributed by atoms with Gasteiger partial charge in [0.25, 0.3) is 0 Å². The Hall–Kier alpha value is -1.06. The van der Waals surface area contributed by atoms with Crippen molar-refractivity contribution in [2.75, 3.05) is 26.3 Å². The van der Waals surface area contributed by atoms with Crippen molar-refractivity contribution in [3.63, 3.8) is 0 Å². The van der Waals surface area contributed by atoms with E-state index in [1.807, 2.05) is 30.3 Å². The molecule has 0 bridgehead atoms. The molecule has 0 unspecified atom stereocenters. The summed E-state index contributed by atoms with van der Waals surface area (Å²) < 4.78 is 11.2. The van der Waals surface area contributed by atoms with Gasteiger partial charge in [0.1, 0.15) is 12.4 Å². The van der Waals surface area contributed by atoms with Crippen LogP contribution in [0.25, 0.3) is 0 Å². The molecule has 0 amide bonds. The van der Waals surface area contributed by atoms with Crippen LogP contribution in [0, 0.1) is 0 Å². The summed E-state index contributed by atoms with van der Waals surface area (Å²) in [6.45, 7) is 3.34. The minimum atomic E-state index is 0.379. The van der Waals surface area contributed by atoms with Crippen LogP contribution in [0.2, 0.25) is 0 Å². The molecule has 1 N–H and O–H groups in total. The van der Waals surface area contributed by atoms with Crippen molar-refractivity contribution in [3.05, 3.63) is 30.3 Å². The zero-order valence-electron chi connectivity index (χ0n) is 8.82. The third-order valence-electron chi connectivity index (χ3n) is 2.46. The molecule has 1 aromatic carbocycles. The van der Waals surface area contributed by atoms with E-state index in [1.165, 1.54) is 0 Å². The van der Waals surface area contributed by atoms with E-state index in [4.69, 9.17) is 9.47 Å². The Balaban J connectivity index is 1.59. The molecular weight excluding hydrogens is 190 g/mol. The van der Waals surface area contributed by atoms with E-state index in [0.29, 0.717) is 19.3 Å². The average Bonchev–Trinajstić information content (AvgIpc) is 2.79. The van der Waals surface area contributed by atoms with Gasteiger partial charge in [0.15, 0.2) is 0 Å². The minimum absolute atomic E-state index is 0.379. The maximum absolute atomic E-state index is 5.64. The molecule has 1 saturated heterocycles. The van der Waals surface area contributed by atoms with E-state index < -0.39 is 0 Å². The lowest BCUT2D eigenvalue weighted by molar-refractivity contribution is 0.0455. The Morgan fingerprint density at radius 1 is 1.20 bits per heavy atom. The van der Waals surface area contributed by atoms with E-state index in [-0.39, 0.29) is 0 Å². The maximum atomic E-state index is 5.64. The molecule has 1 aromatic rings. The van der Waals surface area contributed by atoms with Gasteiger partial charge in [-0.2, -0.15) is 0 Å². The normalized spacial score (nSPS) is 20.4. The number of hydrogen-bond donors (Lipinski definition) is 1. The van der Waals surface area contributed by atoms with Gasteiger partial charge in [-0.05, 0) is 25.1 Å². The van der Waals surface area contributed by atoms with Gasteiger partial charge in [-0.25, -0.2) is 0 Å². The first-order chi connectivity index (χ1) is 7.45. The monoisotopic (exact) mass is 207 g/mol. The summed E-state index contributed by atoms with van der Waals surface area (Å²) in [7, 11) is 0. The topological polar surface area (TPSA) is 30.5 Å². The summed E-state index contributed by atoms with van der Waals surface area (Å²) in [6, 6.07) is 9.83. The van der Waals surface area contributed by atoms with Crippen LogP contribution in [-0.2, 0) is 4.74 Å². The van der Waals surface area contributed by atoms with Crippen LogP contribution in [0.1, 0.15) is 6.42 Å². The Morgan fingerprint density at radius 3 is 2.80 bits per heavy atom. The number of benzene rings is 1. The summed E-state index contributed by atoms with van der Waals surface area (Å²) in [5.41, 5.74) is 0. The van der Waals surface area contributed by atoms with Gasteiger partial charge >= 0.3 is 0 Å². The molecule has 0 saturated carbocycles. The van der Waals surface area contributed by atoms with Crippen molar-refractivity contribution in [3.8, 4) is 5.75 Å². The highest BCUT2D eigenvalue weighted by Gasteiger charge is 2.13. The highest BCUT2D eigenvalue weighted by atomic mass is 16.5. The van der Waals surface area contributed by atoms with E-state index in [0.717, 1.165) is 25.3 Å². The van der Waals surface area contributed by atoms with Crippen molar-refractivity contribution in [2.24, 2.45) is 0 Å². The lowest BCUT2D eigenvalue weighted by Crippen LogP contribution is -2.19. The van der Waals surface area contributed by atoms with Crippen LogP contribution in [0.15, 0.2) is 30.3 Å². The first-order valence-electron chi connectivity index (χ1n) is 5.45. The molecule has 15 heavy (non-hydrogen) atoms. The molecule has 3 heteroatoms. The van der Waals surface area contributed by atoms with Crippen molar-refractivity contribution in [1.82, 2.24) is 5.32 Å². The Kier molecular flexibility index (Phi) is 4.00. The number of ether oxygens (including phenoxy) is 2. The second kappa shape index (κ2) is 5.73. The van der Waals surface area contributed by atoms with Gasteiger partial charge < -0.3 is 14.8 Å². The molecule has 82 valence electrons. The summed E-state index contributed by atoms with van der Waals surface area (Å²) in [5, 5.41) is 3.27. The Bertz CT molecular complexity index is 270. The third kappa shape index (κ3) is 3.53. The predicted octanol–water partition coefficient (Wildman–Crippen LogP) is 1.44. The van der Waals surface area contributed by atoms with Gasteiger partial charge in [-0.3, -0.25) is 0 Å². The van der Waals surface area contributed by atoms with Crippen LogP contribution in [-0.4, -0.2) is 32.4 Å². The van der Waals surface area contributed by atoms with Crippen LogP contribution in [0.3, 0.4) is 0 Å². The molecule has 1 aliphatic heterocycles. The van der Waals surface area contributed by atoms with Gasteiger partial charge in [-0.1, -0.05) is 18.2 Å². The molecule has 0 aliphatic carbocycles. The van der Waals surface area contributed by atoms with Crippen molar-refractivity contribution in [1.29, 1.82) is 0 Å². The van der Waals surface area contributed by atoms with Crippen LogP contribution >= 0.6 is 0 Å². The smallest absolute Gasteiger partial charge is 0.119 e. The molecule has 0 spiro atoms. The van der Waals surface area contributed by atoms with Gasteiger partial charge in [0.05, 0.1) is 12.7 Å². The van der Waals surface area contributed by atoms with Crippen molar-refractivity contribution >= 4 is 0 Å². The quantitative estimate of drug-likeness (QED) is 0.741. The van der Waals surface area contributed by atoms with E-state index >= 15 is 0 Å². The first kappa shape index (κ1) is 10.5. The molecule has 0 radical (unpaired) electrons. The van der Waals surface area contributed by atoms with Gasteiger partial charge in [0.2, 0.25) is 0 Å². The van der Waals surface area contributed by atoms with Crippen molar-refractivity contribution < 1.29 is 9.47 Å². The van der Waals surface area contributed by atoms with E-state index in [1.54, 1.807) is 0 Å². The molecule has 1 heterocycles. The van der Waals surface area contributed by atoms with Crippen molar-refractivity contribution in [2.45, 2.75) is 12.5 Å². The maximum Gasteiger partial charge on any atom is 0.119 e. The zero-order chi connectivity index (χ0) is 10.3. The average molecular weight is 207 g/mol. The van der Waals surface area contributed by atoms with Gasteiger partial charge in [0, 0.05) is 6.54 Å². The fourth-order valence-corrected chi connectivity index (χ4v) is 1.66. The minimum Gasteiger partial charge on any atom is -0.491 e. The fourth-order valence-electron chi connectivity index (χ4n) is 1.66. The second-order valence-corrected chi connectivity index (χ2v) is 3.65. The molecule has 1 fully saturated rings. The third-order valence-corrected chi connectivity index (χ3v) is 2.46. The fraction of sp³-hybridized carbons (Fsp3) is 0.500. The second-order valence-electron chi connectivity index (χ2n) is 3.65. The SMILES string of the molecule is c1ccc(OCCO[C@@H]2CCNC2)cc1. The summed E-state index contributed by atoms with van der Waals surface area (Å²) in [4.78, 5) is 0. The largest absolute Gasteiger partial charge is 0.491 e. The summed E-state index contributed by atoms with van der Waals surface area (Å²) in [6.07, 6.45) is 1.50. The number of nitrogens with one attached hydrogen (secondary N) is 1. The highest BCUT2D eigenvalue weighted by Crippen LogP contribution is 2.08. The van der Waals surface area contributed by atoms with Gasteiger partial charge in [-0.15, -0.1) is 0 Å². The van der Waals surface area contributed by atoms with E-state index in [2.05, 4.69) is 5.32 Å². The lowest BCUT2D eigenvalue weighted by atomic mass is 10.3.